The summed E-state index contributed by atoms with van der Waals surface area (Å²) in [4.78, 5) is 28.9. The maximum Gasteiger partial charge on any atom is 0.261 e. The van der Waals surface area contributed by atoms with Crippen molar-refractivity contribution in [3.05, 3.63) is 75.2 Å². The van der Waals surface area contributed by atoms with Gasteiger partial charge in [0.1, 0.15) is 6.54 Å². The van der Waals surface area contributed by atoms with Crippen LogP contribution in [-0.2, 0) is 11.3 Å². The lowest BCUT2D eigenvalue weighted by Gasteiger charge is -2.13. The molecule has 6 heteroatoms. The smallest absolute Gasteiger partial charge is 0.261 e. The standard InChI is InChI=1S/C20H20BrN3O2/c1-14(15-5-3-2-4-6-15)9-10-22-19(25)12-24-13-23-18-8-7-16(21)11-17(18)20(24)26/h2-8,11,13-14H,9-10,12H2,1H3,(H,22,25). The topological polar surface area (TPSA) is 64.0 Å². The lowest BCUT2D eigenvalue weighted by molar-refractivity contribution is -0.121. The average Bonchev–Trinajstić information content (AvgIpc) is 2.65. The highest BCUT2D eigenvalue weighted by molar-refractivity contribution is 9.10. The molecule has 0 radical (unpaired) electrons. The number of nitrogens with zero attached hydrogens (tertiary/aromatic N) is 2. The van der Waals surface area contributed by atoms with Crippen molar-refractivity contribution < 1.29 is 4.79 Å². The van der Waals surface area contributed by atoms with E-state index in [2.05, 4.69) is 45.3 Å². The Labute approximate surface area is 160 Å². The van der Waals surface area contributed by atoms with E-state index >= 15 is 0 Å². The summed E-state index contributed by atoms with van der Waals surface area (Å²) >= 11 is 3.35. The molecule has 2 aromatic carbocycles. The SMILES string of the molecule is CC(CCNC(=O)Cn1cnc2ccc(Br)cc2c1=O)c1ccccc1. The Kier molecular flexibility index (Phi) is 5.83. The predicted molar refractivity (Wildman–Crippen MR) is 106 cm³/mol. The third-order valence-electron chi connectivity index (χ3n) is 4.37. The van der Waals surface area contributed by atoms with E-state index in [-0.39, 0.29) is 18.0 Å². The highest BCUT2D eigenvalue weighted by Crippen LogP contribution is 2.17. The molecule has 1 atom stereocenters. The van der Waals surface area contributed by atoms with Crippen LogP contribution in [0.3, 0.4) is 0 Å². The van der Waals surface area contributed by atoms with Crippen molar-refractivity contribution in [1.82, 2.24) is 14.9 Å². The minimum absolute atomic E-state index is 0.0337. The summed E-state index contributed by atoms with van der Waals surface area (Å²) in [6, 6.07) is 15.5. The number of benzene rings is 2. The number of hydrogen-bond donors (Lipinski definition) is 1. The van der Waals surface area contributed by atoms with Gasteiger partial charge in [-0.2, -0.15) is 0 Å². The van der Waals surface area contributed by atoms with Crippen molar-refractivity contribution in [2.45, 2.75) is 25.8 Å². The highest BCUT2D eigenvalue weighted by Gasteiger charge is 2.10. The molecule has 3 rings (SSSR count). The lowest BCUT2D eigenvalue weighted by Crippen LogP contribution is -2.33. The van der Waals surface area contributed by atoms with E-state index in [9.17, 15) is 9.59 Å². The molecule has 3 aromatic rings. The molecule has 0 saturated heterocycles. The molecule has 1 heterocycles. The van der Waals surface area contributed by atoms with Gasteiger partial charge in [0, 0.05) is 11.0 Å². The molecule has 26 heavy (non-hydrogen) atoms. The second-order valence-corrected chi connectivity index (χ2v) is 7.21. The van der Waals surface area contributed by atoms with Gasteiger partial charge < -0.3 is 5.32 Å². The highest BCUT2D eigenvalue weighted by atomic mass is 79.9. The van der Waals surface area contributed by atoms with E-state index < -0.39 is 0 Å². The first-order valence-corrected chi connectivity index (χ1v) is 9.30. The maximum absolute atomic E-state index is 12.5. The van der Waals surface area contributed by atoms with Gasteiger partial charge in [-0.05, 0) is 36.1 Å². The van der Waals surface area contributed by atoms with Crippen LogP contribution in [0.5, 0.6) is 0 Å². The molecule has 0 aliphatic carbocycles. The van der Waals surface area contributed by atoms with Crippen molar-refractivity contribution >= 4 is 32.7 Å². The molecule has 0 saturated carbocycles. The molecular formula is C20H20BrN3O2. The van der Waals surface area contributed by atoms with Crippen LogP contribution in [0.15, 0.2) is 64.1 Å². The van der Waals surface area contributed by atoms with Crippen LogP contribution in [-0.4, -0.2) is 22.0 Å². The minimum atomic E-state index is -0.218. The zero-order chi connectivity index (χ0) is 18.5. The fourth-order valence-corrected chi connectivity index (χ4v) is 3.19. The van der Waals surface area contributed by atoms with Gasteiger partial charge in [0.05, 0.1) is 17.2 Å². The summed E-state index contributed by atoms with van der Waals surface area (Å²) in [5, 5.41) is 3.38. The molecule has 1 N–H and O–H groups in total. The normalized spacial score (nSPS) is 12.1. The molecule has 0 bridgehead atoms. The second-order valence-electron chi connectivity index (χ2n) is 6.29. The molecular weight excluding hydrogens is 394 g/mol. The molecule has 0 aliphatic rings. The lowest BCUT2D eigenvalue weighted by atomic mass is 9.98. The largest absolute Gasteiger partial charge is 0.355 e. The van der Waals surface area contributed by atoms with Crippen molar-refractivity contribution in [2.75, 3.05) is 6.54 Å². The van der Waals surface area contributed by atoms with E-state index in [0.717, 1.165) is 10.9 Å². The van der Waals surface area contributed by atoms with Gasteiger partial charge in [0.25, 0.3) is 5.56 Å². The van der Waals surface area contributed by atoms with Gasteiger partial charge in [0.2, 0.25) is 5.91 Å². The van der Waals surface area contributed by atoms with Crippen LogP contribution < -0.4 is 10.9 Å². The van der Waals surface area contributed by atoms with E-state index in [1.165, 1.54) is 16.5 Å². The third kappa shape index (κ3) is 4.38. The van der Waals surface area contributed by atoms with Crippen LogP contribution in [0.2, 0.25) is 0 Å². The number of amides is 1. The zero-order valence-corrected chi connectivity index (χ0v) is 16.1. The molecule has 0 fully saturated rings. The Morgan fingerprint density at radius 3 is 2.77 bits per heavy atom. The number of halogens is 1. The minimum Gasteiger partial charge on any atom is -0.355 e. The van der Waals surface area contributed by atoms with Gasteiger partial charge >= 0.3 is 0 Å². The van der Waals surface area contributed by atoms with Crippen molar-refractivity contribution in [3.63, 3.8) is 0 Å². The van der Waals surface area contributed by atoms with E-state index in [1.807, 2.05) is 24.3 Å². The Balaban J connectivity index is 1.59. The van der Waals surface area contributed by atoms with E-state index in [0.29, 0.717) is 23.4 Å². The Morgan fingerprint density at radius 1 is 1.23 bits per heavy atom. The van der Waals surface area contributed by atoms with Gasteiger partial charge in [-0.3, -0.25) is 14.2 Å². The van der Waals surface area contributed by atoms with Crippen molar-refractivity contribution in [1.29, 1.82) is 0 Å². The fourth-order valence-electron chi connectivity index (χ4n) is 2.83. The molecule has 5 nitrogen and oxygen atoms in total. The van der Waals surface area contributed by atoms with Gasteiger partial charge in [-0.25, -0.2) is 4.98 Å². The van der Waals surface area contributed by atoms with E-state index in [4.69, 9.17) is 0 Å². The Morgan fingerprint density at radius 2 is 2.00 bits per heavy atom. The monoisotopic (exact) mass is 413 g/mol. The number of fused-ring (bicyclic) bond motifs is 1. The fraction of sp³-hybridized carbons (Fsp3) is 0.250. The van der Waals surface area contributed by atoms with Crippen LogP contribution in [0.25, 0.3) is 10.9 Å². The molecule has 0 aliphatic heterocycles. The molecule has 0 spiro atoms. The van der Waals surface area contributed by atoms with Crippen LogP contribution >= 0.6 is 15.9 Å². The summed E-state index contributed by atoms with van der Waals surface area (Å²) in [5.74, 6) is 0.169. The first kappa shape index (κ1) is 18.3. The van der Waals surface area contributed by atoms with Gasteiger partial charge in [-0.1, -0.05) is 53.2 Å². The Bertz CT molecular complexity index is 970. The molecule has 1 amide bonds. The second kappa shape index (κ2) is 8.27. The first-order chi connectivity index (χ1) is 12.5. The number of rotatable bonds is 6. The summed E-state index contributed by atoms with van der Waals surface area (Å²) < 4.78 is 2.14. The van der Waals surface area contributed by atoms with Crippen molar-refractivity contribution in [2.24, 2.45) is 0 Å². The number of carbonyl (C=O) groups is 1. The maximum atomic E-state index is 12.5. The van der Waals surface area contributed by atoms with Gasteiger partial charge in [0.15, 0.2) is 0 Å². The molecule has 1 unspecified atom stereocenters. The van der Waals surface area contributed by atoms with Gasteiger partial charge in [-0.15, -0.1) is 0 Å². The summed E-state index contributed by atoms with van der Waals surface area (Å²) in [6.07, 6.45) is 2.26. The number of hydrogen-bond acceptors (Lipinski definition) is 3. The first-order valence-electron chi connectivity index (χ1n) is 8.51. The Hall–Kier alpha value is -2.47. The summed E-state index contributed by atoms with van der Waals surface area (Å²) in [6.45, 7) is 2.67. The quantitative estimate of drug-likeness (QED) is 0.672. The van der Waals surface area contributed by atoms with Crippen LogP contribution in [0, 0.1) is 0 Å². The third-order valence-corrected chi connectivity index (χ3v) is 4.86. The number of carbonyl (C=O) groups excluding carboxylic acids is 1. The van der Waals surface area contributed by atoms with Crippen LogP contribution in [0.4, 0.5) is 0 Å². The van der Waals surface area contributed by atoms with E-state index in [1.54, 1.807) is 12.1 Å². The average molecular weight is 414 g/mol. The summed E-state index contributed by atoms with van der Waals surface area (Å²) in [5.41, 5.74) is 1.65. The number of nitrogens with one attached hydrogen (secondary N) is 1. The molecule has 134 valence electrons. The predicted octanol–water partition coefficient (Wildman–Crippen LogP) is 3.47. The summed E-state index contributed by atoms with van der Waals surface area (Å²) in [7, 11) is 0. The number of aromatic nitrogens is 2. The molecule has 1 aromatic heterocycles. The van der Waals surface area contributed by atoms with Crippen LogP contribution in [0.1, 0.15) is 24.8 Å². The zero-order valence-electron chi connectivity index (χ0n) is 14.5. The van der Waals surface area contributed by atoms with Crippen molar-refractivity contribution in [3.8, 4) is 0 Å².